The number of aliphatic hydroxyl groups excluding tert-OH is 1. The Balaban J connectivity index is 1.56. The molecular weight excluding hydrogens is 304 g/mol. The van der Waals surface area contributed by atoms with Crippen molar-refractivity contribution in [2.75, 3.05) is 13.1 Å². The van der Waals surface area contributed by atoms with E-state index in [4.69, 9.17) is 0 Å². The van der Waals surface area contributed by atoms with Crippen LogP contribution in [0.5, 0.6) is 0 Å². The molecule has 0 bridgehead atoms. The number of nitrogens with zero attached hydrogens (tertiary/aromatic N) is 3. The number of carbonyl (C=O) groups excluding carboxylic acids is 1. The maximum absolute atomic E-state index is 12.6. The molecule has 1 aromatic rings. The summed E-state index contributed by atoms with van der Waals surface area (Å²) >= 11 is 0. The Bertz CT molecular complexity index is 537. The first-order chi connectivity index (χ1) is 11.6. The fraction of sp³-hybridized carbons (Fsp3) is 0.778. The third-order valence-corrected chi connectivity index (χ3v) is 5.50. The van der Waals surface area contributed by atoms with E-state index in [0.29, 0.717) is 18.4 Å². The number of likely N-dealkylation sites (tertiary alicyclic amines) is 1. The molecule has 0 radical (unpaired) electrons. The molecule has 1 aromatic heterocycles. The van der Waals surface area contributed by atoms with Crippen LogP contribution in [-0.4, -0.2) is 44.7 Å². The second-order valence-electron chi connectivity index (χ2n) is 7.33. The molecule has 2 atom stereocenters. The Labute approximate surface area is 144 Å². The van der Waals surface area contributed by atoms with E-state index >= 15 is 0 Å². The number of piperidine rings is 1. The van der Waals surface area contributed by atoms with Gasteiger partial charge < -0.3 is 19.9 Å². The molecule has 2 aliphatic rings. The van der Waals surface area contributed by atoms with Crippen LogP contribution in [0.2, 0.25) is 0 Å². The first kappa shape index (κ1) is 17.3. The van der Waals surface area contributed by atoms with Crippen LogP contribution in [0, 0.1) is 5.92 Å². The highest BCUT2D eigenvalue weighted by Crippen LogP contribution is 2.29. The minimum absolute atomic E-state index is 0.0404. The maximum Gasteiger partial charge on any atom is 0.317 e. The van der Waals surface area contributed by atoms with E-state index in [0.717, 1.165) is 32.2 Å². The zero-order valence-corrected chi connectivity index (χ0v) is 14.7. The molecule has 0 spiro atoms. The van der Waals surface area contributed by atoms with Crippen molar-refractivity contribution in [2.45, 2.75) is 63.5 Å². The van der Waals surface area contributed by atoms with E-state index in [1.165, 1.54) is 25.7 Å². The van der Waals surface area contributed by atoms with Gasteiger partial charge in [0.2, 0.25) is 0 Å². The van der Waals surface area contributed by atoms with Crippen molar-refractivity contribution in [2.24, 2.45) is 13.0 Å². The first-order valence-corrected chi connectivity index (χ1v) is 9.36. The molecule has 2 heterocycles. The number of urea groups is 1. The van der Waals surface area contributed by atoms with Gasteiger partial charge in [-0.15, -0.1) is 0 Å². The quantitative estimate of drug-likeness (QED) is 0.835. The zero-order chi connectivity index (χ0) is 16.9. The number of rotatable bonds is 3. The largest absolute Gasteiger partial charge is 0.385 e. The van der Waals surface area contributed by atoms with Gasteiger partial charge in [0.25, 0.3) is 0 Å². The predicted octanol–water partition coefficient (Wildman–Crippen LogP) is 2.60. The molecule has 1 saturated heterocycles. The number of aryl methyl sites for hydroxylation is 1. The lowest BCUT2D eigenvalue weighted by Gasteiger charge is -2.35. The summed E-state index contributed by atoms with van der Waals surface area (Å²) in [6.07, 6.45) is 12.0. The fourth-order valence-corrected chi connectivity index (χ4v) is 4.01. The maximum atomic E-state index is 12.6. The minimum atomic E-state index is -0.613. The molecule has 134 valence electrons. The number of carbonyl (C=O) groups is 1. The van der Waals surface area contributed by atoms with Gasteiger partial charge >= 0.3 is 6.03 Å². The van der Waals surface area contributed by atoms with Gasteiger partial charge in [-0.2, -0.15) is 0 Å². The number of aromatic nitrogens is 2. The van der Waals surface area contributed by atoms with Crippen LogP contribution in [0.15, 0.2) is 12.4 Å². The molecule has 2 amide bonds. The highest BCUT2D eigenvalue weighted by Gasteiger charge is 2.31. The second-order valence-corrected chi connectivity index (χ2v) is 7.33. The lowest BCUT2D eigenvalue weighted by atomic mass is 9.92. The Hall–Kier alpha value is -1.56. The van der Waals surface area contributed by atoms with E-state index in [-0.39, 0.29) is 11.9 Å². The van der Waals surface area contributed by atoms with Crippen LogP contribution >= 0.6 is 0 Å². The van der Waals surface area contributed by atoms with Gasteiger partial charge in [-0.3, -0.25) is 0 Å². The SMILES string of the molecule is Cn1ccnc1C(O)C1CCCN(C(=O)NC2CCCCCC2)C1. The summed E-state index contributed by atoms with van der Waals surface area (Å²) in [7, 11) is 1.89. The summed E-state index contributed by atoms with van der Waals surface area (Å²) in [4.78, 5) is 18.8. The zero-order valence-electron chi connectivity index (χ0n) is 14.7. The average Bonchev–Trinajstić information content (AvgIpc) is 2.86. The molecule has 2 fully saturated rings. The molecule has 3 rings (SSSR count). The van der Waals surface area contributed by atoms with E-state index in [1.807, 2.05) is 22.7 Å². The molecule has 6 heteroatoms. The van der Waals surface area contributed by atoms with Gasteiger partial charge in [0.1, 0.15) is 11.9 Å². The van der Waals surface area contributed by atoms with Crippen LogP contribution in [0.1, 0.15) is 63.3 Å². The standard InChI is InChI=1S/C18H30N4O2/c1-21-12-10-19-17(21)16(23)14-7-6-11-22(13-14)18(24)20-15-8-4-2-3-5-9-15/h10,12,14-16,23H,2-9,11,13H2,1H3,(H,20,24). The molecule has 0 aromatic carbocycles. The summed E-state index contributed by atoms with van der Waals surface area (Å²) in [5.41, 5.74) is 0. The smallest absolute Gasteiger partial charge is 0.317 e. The lowest BCUT2D eigenvalue weighted by molar-refractivity contribution is 0.0527. The van der Waals surface area contributed by atoms with Crippen LogP contribution < -0.4 is 5.32 Å². The van der Waals surface area contributed by atoms with Gasteiger partial charge in [0.15, 0.2) is 0 Å². The van der Waals surface area contributed by atoms with E-state index < -0.39 is 6.10 Å². The highest BCUT2D eigenvalue weighted by atomic mass is 16.3. The van der Waals surface area contributed by atoms with Crippen molar-refractivity contribution in [1.82, 2.24) is 19.8 Å². The second kappa shape index (κ2) is 8.01. The summed E-state index contributed by atoms with van der Waals surface area (Å²) < 4.78 is 1.86. The first-order valence-electron chi connectivity index (χ1n) is 9.36. The van der Waals surface area contributed by atoms with Crippen LogP contribution in [0.3, 0.4) is 0 Å². The van der Waals surface area contributed by atoms with Gasteiger partial charge in [0.05, 0.1) is 0 Å². The van der Waals surface area contributed by atoms with Crippen LogP contribution in [0.4, 0.5) is 4.79 Å². The van der Waals surface area contributed by atoms with Crippen molar-refractivity contribution in [3.8, 4) is 0 Å². The molecule has 1 aliphatic carbocycles. The monoisotopic (exact) mass is 334 g/mol. The summed E-state index contributed by atoms with van der Waals surface area (Å²) in [6, 6.07) is 0.360. The highest BCUT2D eigenvalue weighted by molar-refractivity contribution is 5.74. The molecule has 2 N–H and O–H groups in total. The minimum Gasteiger partial charge on any atom is -0.385 e. The van der Waals surface area contributed by atoms with Gasteiger partial charge in [-0.05, 0) is 25.7 Å². The van der Waals surface area contributed by atoms with Gasteiger partial charge in [-0.1, -0.05) is 25.7 Å². The third kappa shape index (κ3) is 4.09. The van der Waals surface area contributed by atoms with Crippen LogP contribution in [0.25, 0.3) is 0 Å². The third-order valence-electron chi connectivity index (χ3n) is 5.50. The Morgan fingerprint density at radius 3 is 2.67 bits per heavy atom. The average molecular weight is 334 g/mol. The van der Waals surface area contributed by atoms with Crippen molar-refractivity contribution in [1.29, 1.82) is 0 Å². The van der Waals surface area contributed by atoms with E-state index in [2.05, 4.69) is 10.3 Å². The molecule has 1 aliphatic heterocycles. The summed E-state index contributed by atoms with van der Waals surface area (Å²) in [6.45, 7) is 1.38. The number of aliphatic hydroxyl groups is 1. The molecule has 2 unspecified atom stereocenters. The number of imidazole rings is 1. The molecule has 24 heavy (non-hydrogen) atoms. The van der Waals surface area contributed by atoms with E-state index in [9.17, 15) is 9.90 Å². The molecule has 6 nitrogen and oxygen atoms in total. The number of hydrogen-bond donors (Lipinski definition) is 2. The Morgan fingerprint density at radius 2 is 2.00 bits per heavy atom. The Morgan fingerprint density at radius 1 is 1.25 bits per heavy atom. The lowest BCUT2D eigenvalue weighted by Crippen LogP contribution is -2.49. The number of hydrogen-bond acceptors (Lipinski definition) is 3. The normalized spacial score (nSPS) is 24.4. The summed E-state index contributed by atoms with van der Waals surface area (Å²) in [5.74, 6) is 0.741. The predicted molar refractivity (Wildman–Crippen MR) is 92.5 cm³/mol. The number of amides is 2. The van der Waals surface area contributed by atoms with Gasteiger partial charge in [0, 0.05) is 44.5 Å². The topological polar surface area (TPSA) is 70.4 Å². The van der Waals surface area contributed by atoms with Crippen molar-refractivity contribution in [3.63, 3.8) is 0 Å². The fourth-order valence-electron chi connectivity index (χ4n) is 4.01. The van der Waals surface area contributed by atoms with Crippen molar-refractivity contribution < 1.29 is 9.90 Å². The van der Waals surface area contributed by atoms with E-state index in [1.54, 1.807) is 6.20 Å². The van der Waals surface area contributed by atoms with Crippen molar-refractivity contribution >= 4 is 6.03 Å². The van der Waals surface area contributed by atoms with Crippen LogP contribution in [-0.2, 0) is 7.05 Å². The van der Waals surface area contributed by atoms with Gasteiger partial charge in [-0.25, -0.2) is 9.78 Å². The summed E-state index contributed by atoms with van der Waals surface area (Å²) in [5, 5.41) is 13.9. The Kier molecular flexibility index (Phi) is 5.76. The number of nitrogens with one attached hydrogen (secondary N) is 1. The molecule has 1 saturated carbocycles. The molecular formula is C18H30N4O2. The van der Waals surface area contributed by atoms with Crippen molar-refractivity contribution in [3.05, 3.63) is 18.2 Å².